The normalized spacial score (nSPS) is 13.2. The van der Waals surface area contributed by atoms with Crippen molar-refractivity contribution in [2.45, 2.75) is 30.7 Å². The molecule has 2 N–H and O–H groups in total. The molecule has 0 bridgehead atoms. The molecule has 2 aromatic carbocycles. The maximum atomic E-state index is 12.7. The van der Waals surface area contributed by atoms with E-state index in [9.17, 15) is 8.42 Å². The summed E-state index contributed by atoms with van der Waals surface area (Å²) in [5.74, 6) is 0.365. The second-order valence-corrected chi connectivity index (χ2v) is 8.59. The highest BCUT2D eigenvalue weighted by molar-refractivity contribution is 7.89. The number of rotatable bonds is 8. The smallest absolute Gasteiger partial charge is 0.240 e. The van der Waals surface area contributed by atoms with E-state index >= 15 is 0 Å². The van der Waals surface area contributed by atoms with Crippen LogP contribution in [0.4, 0.5) is 0 Å². The minimum Gasteiger partial charge on any atom is -0.315 e. The van der Waals surface area contributed by atoms with Gasteiger partial charge in [-0.3, -0.25) is 4.98 Å². The van der Waals surface area contributed by atoms with Crippen molar-refractivity contribution in [2.75, 3.05) is 13.1 Å². The van der Waals surface area contributed by atoms with Gasteiger partial charge in [-0.25, -0.2) is 13.1 Å². The lowest BCUT2D eigenvalue weighted by Gasteiger charge is -2.18. The molecule has 158 valence electrons. The Kier molecular flexibility index (Phi) is 10.0. The Hall–Kier alpha value is -1.70. The molecule has 1 aromatic heterocycles. The number of fused-ring (bicyclic) bond motifs is 1. The molecule has 1 heterocycles. The zero-order valence-corrected chi connectivity index (χ0v) is 18.9. The molecule has 3 aromatic rings. The highest BCUT2D eigenvalue weighted by Crippen LogP contribution is 2.18. The van der Waals surface area contributed by atoms with E-state index in [4.69, 9.17) is 0 Å². The van der Waals surface area contributed by atoms with Gasteiger partial charge in [-0.05, 0) is 42.0 Å². The zero-order chi connectivity index (χ0) is 19.3. The predicted octanol–water partition coefficient (Wildman–Crippen LogP) is 4.14. The van der Waals surface area contributed by atoms with Crippen LogP contribution in [0, 0.1) is 0 Å². The fourth-order valence-corrected chi connectivity index (χ4v) is 4.30. The molecule has 8 heteroatoms. The largest absolute Gasteiger partial charge is 0.315 e. The van der Waals surface area contributed by atoms with E-state index in [0.29, 0.717) is 12.5 Å². The van der Waals surface area contributed by atoms with Crippen LogP contribution in [0.1, 0.15) is 25.3 Å². The van der Waals surface area contributed by atoms with Crippen molar-refractivity contribution in [3.63, 3.8) is 0 Å². The number of nitrogens with zero attached hydrogens (tertiary/aromatic N) is 1. The quantitative estimate of drug-likeness (QED) is 0.535. The number of hydrogen-bond donors (Lipinski definition) is 2. The molecule has 29 heavy (non-hydrogen) atoms. The first kappa shape index (κ1) is 25.3. The molecule has 0 saturated carbocycles. The molecule has 2 atom stereocenters. The van der Waals surface area contributed by atoms with Gasteiger partial charge < -0.3 is 5.32 Å². The summed E-state index contributed by atoms with van der Waals surface area (Å²) in [6.07, 6.45) is 3.38. The maximum absolute atomic E-state index is 12.7. The number of benzene rings is 2. The Labute approximate surface area is 185 Å². The average Bonchev–Trinajstić information content (AvgIpc) is 2.67. The minimum absolute atomic E-state index is 0. The van der Waals surface area contributed by atoms with Crippen molar-refractivity contribution >= 4 is 45.6 Å². The molecule has 0 aliphatic carbocycles. The fourth-order valence-electron chi connectivity index (χ4n) is 3.02. The monoisotopic (exact) mass is 455 g/mol. The molecule has 5 nitrogen and oxygen atoms in total. The van der Waals surface area contributed by atoms with Gasteiger partial charge in [0, 0.05) is 36.9 Å². The lowest BCUT2D eigenvalue weighted by molar-refractivity contribution is 0.525. The van der Waals surface area contributed by atoms with Gasteiger partial charge in [0.15, 0.2) is 0 Å². The third kappa shape index (κ3) is 6.94. The van der Waals surface area contributed by atoms with Crippen LogP contribution < -0.4 is 10.0 Å². The summed E-state index contributed by atoms with van der Waals surface area (Å²) < 4.78 is 28.0. The van der Waals surface area contributed by atoms with Gasteiger partial charge in [0.25, 0.3) is 0 Å². The van der Waals surface area contributed by atoms with Gasteiger partial charge >= 0.3 is 0 Å². The molecule has 0 saturated heterocycles. The van der Waals surface area contributed by atoms with Crippen LogP contribution in [0.3, 0.4) is 0 Å². The van der Waals surface area contributed by atoms with Gasteiger partial charge in [0.05, 0.1) is 4.90 Å². The summed E-state index contributed by atoms with van der Waals surface area (Å²) in [4.78, 5) is 4.32. The van der Waals surface area contributed by atoms with Gasteiger partial charge in [-0.15, -0.1) is 24.8 Å². The van der Waals surface area contributed by atoms with Crippen molar-refractivity contribution in [1.29, 1.82) is 0 Å². The molecule has 2 unspecified atom stereocenters. The summed E-state index contributed by atoms with van der Waals surface area (Å²) in [5.41, 5.74) is 1.27. The van der Waals surface area contributed by atoms with Crippen molar-refractivity contribution in [2.24, 2.45) is 0 Å². The van der Waals surface area contributed by atoms with Gasteiger partial charge in [-0.2, -0.15) is 0 Å². The van der Waals surface area contributed by atoms with Gasteiger partial charge in [0.1, 0.15) is 0 Å². The summed E-state index contributed by atoms with van der Waals surface area (Å²) in [5, 5.41) is 5.13. The predicted molar refractivity (Wildman–Crippen MR) is 124 cm³/mol. The summed E-state index contributed by atoms with van der Waals surface area (Å²) in [7, 11) is -3.56. The highest BCUT2D eigenvalue weighted by atomic mass is 35.5. The zero-order valence-electron chi connectivity index (χ0n) is 16.4. The van der Waals surface area contributed by atoms with E-state index in [1.165, 1.54) is 5.56 Å². The standard InChI is InChI=1S/C21H25N3O2S.2ClH/c1-16(18-6-4-3-5-7-18)13-23-14-17(2)24-27(25,26)21-9-8-20-15-22-11-10-19(20)12-21;;/h3-12,15-17,23-24H,13-14H2,1-2H3;2*1H. The number of aromatic nitrogens is 1. The number of halogens is 2. The SMILES string of the molecule is CC(CNCC(C)c1ccccc1)NS(=O)(=O)c1ccc2cnccc2c1.Cl.Cl. The maximum Gasteiger partial charge on any atom is 0.240 e. The van der Waals surface area contributed by atoms with Crippen LogP contribution in [0.25, 0.3) is 10.8 Å². The van der Waals surface area contributed by atoms with E-state index in [1.807, 2.05) is 31.2 Å². The van der Waals surface area contributed by atoms with Crippen molar-refractivity contribution in [1.82, 2.24) is 15.0 Å². The molecule has 3 rings (SSSR count). The highest BCUT2D eigenvalue weighted by Gasteiger charge is 2.18. The molecule has 0 aliphatic rings. The van der Waals surface area contributed by atoms with Crippen LogP contribution in [-0.4, -0.2) is 32.5 Å². The minimum atomic E-state index is -3.56. The number of nitrogens with one attached hydrogen (secondary N) is 2. The lowest BCUT2D eigenvalue weighted by Crippen LogP contribution is -2.40. The first-order valence-corrected chi connectivity index (χ1v) is 10.6. The van der Waals surface area contributed by atoms with Crippen LogP contribution in [0.15, 0.2) is 71.9 Å². The van der Waals surface area contributed by atoms with Crippen molar-refractivity contribution in [3.05, 3.63) is 72.6 Å². The molecule has 0 fully saturated rings. The molecule has 0 spiro atoms. The molecule has 0 aliphatic heterocycles. The second kappa shape index (κ2) is 11.5. The molecule has 0 amide bonds. The summed E-state index contributed by atoms with van der Waals surface area (Å²) in [6.45, 7) is 5.37. The summed E-state index contributed by atoms with van der Waals surface area (Å²) in [6, 6.07) is 16.9. The summed E-state index contributed by atoms with van der Waals surface area (Å²) >= 11 is 0. The molecular weight excluding hydrogens is 429 g/mol. The number of sulfonamides is 1. The Morgan fingerprint density at radius 3 is 2.38 bits per heavy atom. The van der Waals surface area contributed by atoms with E-state index in [2.05, 4.69) is 34.1 Å². The Morgan fingerprint density at radius 2 is 1.66 bits per heavy atom. The third-order valence-electron chi connectivity index (χ3n) is 4.55. The fraction of sp³-hybridized carbons (Fsp3) is 0.286. The van der Waals surface area contributed by atoms with E-state index in [-0.39, 0.29) is 35.8 Å². The number of hydrogen-bond acceptors (Lipinski definition) is 4. The van der Waals surface area contributed by atoms with Crippen molar-refractivity contribution < 1.29 is 8.42 Å². The van der Waals surface area contributed by atoms with E-state index in [1.54, 1.807) is 30.6 Å². The van der Waals surface area contributed by atoms with Crippen LogP contribution in [-0.2, 0) is 10.0 Å². The Balaban J connectivity index is 0.00000210. The first-order valence-electron chi connectivity index (χ1n) is 9.07. The number of pyridine rings is 1. The second-order valence-electron chi connectivity index (χ2n) is 6.88. The molecule has 0 radical (unpaired) electrons. The van der Waals surface area contributed by atoms with Crippen LogP contribution in [0.2, 0.25) is 0 Å². The van der Waals surface area contributed by atoms with Gasteiger partial charge in [-0.1, -0.05) is 43.3 Å². The first-order chi connectivity index (χ1) is 13.0. The van der Waals surface area contributed by atoms with Crippen molar-refractivity contribution in [3.8, 4) is 0 Å². The Morgan fingerprint density at radius 1 is 0.931 bits per heavy atom. The lowest BCUT2D eigenvalue weighted by atomic mass is 10.0. The van der Waals surface area contributed by atoms with Gasteiger partial charge in [0.2, 0.25) is 10.0 Å². The average molecular weight is 456 g/mol. The third-order valence-corrected chi connectivity index (χ3v) is 6.14. The van der Waals surface area contributed by atoms with Crippen LogP contribution >= 0.6 is 24.8 Å². The van der Waals surface area contributed by atoms with E-state index < -0.39 is 10.0 Å². The van der Waals surface area contributed by atoms with E-state index in [0.717, 1.165) is 17.3 Å². The molecular formula is C21H27Cl2N3O2S. The van der Waals surface area contributed by atoms with Crippen LogP contribution in [0.5, 0.6) is 0 Å². The Bertz CT molecular complexity index is 1000. The topological polar surface area (TPSA) is 71.1 Å².